The zero-order valence-electron chi connectivity index (χ0n) is 9.06. The SMILES string of the molecule is CC(CC1CC1)Nc1cc(F)c(Br)cc1F. The molecule has 0 aromatic heterocycles. The van der Waals surface area contributed by atoms with Gasteiger partial charge in [-0.2, -0.15) is 0 Å². The lowest BCUT2D eigenvalue weighted by Crippen LogP contribution is -2.16. The third-order valence-corrected chi connectivity index (χ3v) is 3.40. The fourth-order valence-electron chi connectivity index (χ4n) is 1.81. The number of benzene rings is 1. The van der Waals surface area contributed by atoms with Gasteiger partial charge in [0.1, 0.15) is 11.6 Å². The molecule has 4 heteroatoms. The zero-order valence-corrected chi connectivity index (χ0v) is 10.7. The maximum Gasteiger partial charge on any atom is 0.147 e. The van der Waals surface area contributed by atoms with Crippen molar-refractivity contribution in [3.05, 3.63) is 28.2 Å². The van der Waals surface area contributed by atoms with Crippen molar-refractivity contribution in [2.45, 2.75) is 32.2 Å². The molecule has 0 aliphatic heterocycles. The van der Waals surface area contributed by atoms with Crippen LogP contribution in [-0.2, 0) is 0 Å². The first-order valence-electron chi connectivity index (χ1n) is 5.47. The van der Waals surface area contributed by atoms with Crippen molar-refractivity contribution in [3.8, 4) is 0 Å². The van der Waals surface area contributed by atoms with Crippen LogP contribution in [0.5, 0.6) is 0 Å². The van der Waals surface area contributed by atoms with E-state index in [4.69, 9.17) is 0 Å². The zero-order chi connectivity index (χ0) is 11.7. The highest BCUT2D eigenvalue weighted by atomic mass is 79.9. The highest BCUT2D eigenvalue weighted by molar-refractivity contribution is 9.10. The van der Waals surface area contributed by atoms with Crippen molar-refractivity contribution in [3.63, 3.8) is 0 Å². The van der Waals surface area contributed by atoms with Crippen molar-refractivity contribution in [1.82, 2.24) is 0 Å². The van der Waals surface area contributed by atoms with E-state index in [0.717, 1.165) is 18.4 Å². The summed E-state index contributed by atoms with van der Waals surface area (Å²) in [6.45, 7) is 2.00. The molecule has 0 amide bonds. The first-order chi connectivity index (χ1) is 7.56. The van der Waals surface area contributed by atoms with Crippen LogP contribution in [-0.4, -0.2) is 6.04 Å². The average Bonchev–Trinajstić information content (AvgIpc) is 2.98. The molecular formula is C12H14BrF2N. The van der Waals surface area contributed by atoms with Crippen molar-refractivity contribution >= 4 is 21.6 Å². The van der Waals surface area contributed by atoms with Gasteiger partial charge in [-0.05, 0) is 41.3 Å². The molecule has 1 aromatic rings. The highest BCUT2D eigenvalue weighted by Crippen LogP contribution is 2.34. The summed E-state index contributed by atoms with van der Waals surface area (Å²) in [4.78, 5) is 0. The predicted molar refractivity (Wildman–Crippen MR) is 64.5 cm³/mol. The molecule has 1 nitrogen and oxygen atoms in total. The molecule has 0 radical (unpaired) electrons. The van der Waals surface area contributed by atoms with Crippen molar-refractivity contribution in [2.75, 3.05) is 5.32 Å². The Morgan fingerprint density at radius 2 is 2.06 bits per heavy atom. The van der Waals surface area contributed by atoms with Crippen LogP contribution in [0.25, 0.3) is 0 Å². The van der Waals surface area contributed by atoms with Crippen molar-refractivity contribution < 1.29 is 8.78 Å². The monoisotopic (exact) mass is 289 g/mol. The van der Waals surface area contributed by atoms with E-state index in [0.29, 0.717) is 0 Å². The molecule has 16 heavy (non-hydrogen) atoms. The lowest BCUT2D eigenvalue weighted by molar-refractivity contribution is 0.587. The summed E-state index contributed by atoms with van der Waals surface area (Å²) in [5.41, 5.74) is 0.244. The number of hydrogen-bond acceptors (Lipinski definition) is 1. The minimum atomic E-state index is -0.442. The quantitative estimate of drug-likeness (QED) is 0.814. The first kappa shape index (κ1) is 11.8. The fraction of sp³-hybridized carbons (Fsp3) is 0.500. The van der Waals surface area contributed by atoms with Crippen LogP contribution in [0.3, 0.4) is 0 Å². The highest BCUT2D eigenvalue weighted by Gasteiger charge is 2.23. The Kier molecular flexibility index (Phi) is 3.47. The molecule has 1 aromatic carbocycles. The van der Waals surface area contributed by atoms with Gasteiger partial charge in [0.05, 0.1) is 10.2 Å². The van der Waals surface area contributed by atoms with Crippen LogP contribution in [0.2, 0.25) is 0 Å². The number of anilines is 1. The van der Waals surface area contributed by atoms with Crippen LogP contribution in [0.1, 0.15) is 26.2 Å². The third kappa shape index (κ3) is 2.94. The number of hydrogen-bond donors (Lipinski definition) is 1. The number of nitrogens with one attached hydrogen (secondary N) is 1. The summed E-state index contributed by atoms with van der Waals surface area (Å²) < 4.78 is 26.9. The summed E-state index contributed by atoms with van der Waals surface area (Å²) in [6, 6.07) is 2.53. The van der Waals surface area contributed by atoms with E-state index >= 15 is 0 Å². The molecular weight excluding hydrogens is 276 g/mol. The second-order valence-corrected chi connectivity index (χ2v) is 5.32. The molecule has 1 aliphatic carbocycles. The van der Waals surface area contributed by atoms with E-state index in [1.165, 1.54) is 18.9 Å². The van der Waals surface area contributed by atoms with Gasteiger partial charge in [-0.3, -0.25) is 0 Å². The molecule has 0 saturated heterocycles. The molecule has 0 spiro atoms. The summed E-state index contributed by atoms with van der Waals surface area (Å²) in [6.07, 6.45) is 3.56. The van der Waals surface area contributed by atoms with E-state index in [9.17, 15) is 8.78 Å². The van der Waals surface area contributed by atoms with E-state index in [2.05, 4.69) is 21.2 Å². The first-order valence-corrected chi connectivity index (χ1v) is 6.26. The van der Waals surface area contributed by atoms with E-state index in [-0.39, 0.29) is 16.2 Å². The molecule has 0 heterocycles. The normalized spacial score (nSPS) is 17.2. The Bertz CT molecular complexity index is 391. The van der Waals surface area contributed by atoms with E-state index in [1.807, 2.05) is 6.92 Å². The predicted octanol–water partition coefficient (Wildman–Crippen LogP) is 4.33. The molecule has 1 atom stereocenters. The minimum absolute atomic E-state index is 0.158. The summed E-state index contributed by atoms with van der Waals surface area (Å²) in [7, 11) is 0. The lowest BCUT2D eigenvalue weighted by Gasteiger charge is -2.15. The molecule has 1 unspecified atom stereocenters. The second-order valence-electron chi connectivity index (χ2n) is 4.47. The van der Waals surface area contributed by atoms with Crippen molar-refractivity contribution in [2.24, 2.45) is 5.92 Å². The molecule has 0 bridgehead atoms. The summed E-state index contributed by atoms with van der Waals surface area (Å²) in [5, 5.41) is 3.01. The summed E-state index contributed by atoms with van der Waals surface area (Å²) in [5.74, 6) is -0.0932. The van der Waals surface area contributed by atoms with Crippen LogP contribution in [0.4, 0.5) is 14.5 Å². The third-order valence-electron chi connectivity index (χ3n) is 2.80. The fourth-order valence-corrected chi connectivity index (χ4v) is 2.13. The van der Waals surface area contributed by atoms with Gasteiger partial charge in [-0.15, -0.1) is 0 Å². The van der Waals surface area contributed by atoms with Gasteiger partial charge < -0.3 is 5.32 Å². The maximum atomic E-state index is 13.5. The molecule has 1 saturated carbocycles. The molecule has 1 aliphatic rings. The van der Waals surface area contributed by atoms with Crippen LogP contribution < -0.4 is 5.32 Å². The molecule has 1 N–H and O–H groups in total. The minimum Gasteiger partial charge on any atom is -0.380 e. The van der Waals surface area contributed by atoms with Gasteiger partial charge in [0.25, 0.3) is 0 Å². The van der Waals surface area contributed by atoms with Gasteiger partial charge >= 0.3 is 0 Å². The van der Waals surface area contributed by atoms with Crippen LogP contribution in [0.15, 0.2) is 16.6 Å². The molecule has 2 rings (SSSR count). The van der Waals surface area contributed by atoms with E-state index in [1.54, 1.807) is 0 Å². The average molecular weight is 290 g/mol. The van der Waals surface area contributed by atoms with Gasteiger partial charge in [0, 0.05) is 12.1 Å². The lowest BCUT2D eigenvalue weighted by atomic mass is 10.1. The van der Waals surface area contributed by atoms with Gasteiger partial charge in [0.15, 0.2) is 0 Å². The smallest absolute Gasteiger partial charge is 0.147 e. The Hall–Kier alpha value is -0.640. The standard InChI is InChI=1S/C12H14BrF2N/c1-7(4-8-2-3-8)16-12-6-10(14)9(13)5-11(12)15/h5-8,16H,2-4H2,1H3. The topological polar surface area (TPSA) is 12.0 Å². The Labute approximate surface area is 102 Å². The molecule has 1 fully saturated rings. The second kappa shape index (κ2) is 4.70. The Balaban J connectivity index is 2.04. The Morgan fingerprint density at radius 3 is 2.69 bits per heavy atom. The van der Waals surface area contributed by atoms with Gasteiger partial charge in [0.2, 0.25) is 0 Å². The summed E-state index contributed by atoms with van der Waals surface area (Å²) >= 11 is 2.95. The largest absolute Gasteiger partial charge is 0.380 e. The van der Waals surface area contributed by atoms with E-state index < -0.39 is 11.6 Å². The molecule has 88 valence electrons. The van der Waals surface area contributed by atoms with Gasteiger partial charge in [-0.25, -0.2) is 8.78 Å². The van der Waals surface area contributed by atoms with Crippen molar-refractivity contribution in [1.29, 1.82) is 0 Å². The number of rotatable bonds is 4. The van der Waals surface area contributed by atoms with Crippen LogP contribution >= 0.6 is 15.9 Å². The van der Waals surface area contributed by atoms with Gasteiger partial charge in [-0.1, -0.05) is 12.8 Å². The maximum absolute atomic E-state index is 13.5. The Morgan fingerprint density at radius 1 is 1.38 bits per heavy atom. The van der Waals surface area contributed by atoms with Crippen LogP contribution in [0, 0.1) is 17.6 Å². The number of halogens is 3.